The SMILES string of the molecule is COc1ccc2nc(C(NC(=O)c3ccc4nccnc4c3)C(C)C)n(Cc3ccc(C(C)(C)C)cc3)c2c1. The first-order valence-corrected chi connectivity index (χ1v) is 13.3. The molecule has 0 saturated carbocycles. The van der Waals surface area contributed by atoms with Crippen molar-refractivity contribution in [2.45, 2.75) is 52.6 Å². The number of amides is 1. The minimum atomic E-state index is -0.317. The topological polar surface area (TPSA) is 81.9 Å². The maximum atomic E-state index is 13.5. The second-order valence-corrected chi connectivity index (χ2v) is 11.3. The molecule has 0 aliphatic carbocycles. The van der Waals surface area contributed by atoms with E-state index in [1.54, 1.807) is 31.6 Å². The first kappa shape index (κ1) is 26.4. The van der Waals surface area contributed by atoms with E-state index in [4.69, 9.17) is 9.72 Å². The third-order valence-electron chi connectivity index (χ3n) is 7.11. The molecule has 5 rings (SSSR count). The molecule has 0 fully saturated rings. The molecular formula is C32H35N5O2. The molecule has 7 heteroatoms. The van der Waals surface area contributed by atoms with Crippen molar-refractivity contribution in [1.82, 2.24) is 24.8 Å². The number of hydrogen-bond acceptors (Lipinski definition) is 5. The number of benzene rings is 3. The number of rotatable bonds is 7. The second kappa shape index (κ2) is 10.5. The maximum Gasteiger partial charge on any atom is 0.251 e. The van der Waals surface area contributed by atoms with E-state index in [-0.39, 0.29) is 23.3 Å². The predicted molar refractivity (Wildman–Crippen MR) is 155 cm³/mol. The molecular weight excluding hydrogens is 486 g/mol. The molecule has 0 saturated heterocycles. The average Bonchev–Trinajstić information content (AvgIpc) is 3.27. The summed E-state index contributed by atoms with van der Waals surface area (Å²) in [6, 6.07) is 19.7. The van der Waals surface area contributed by atoms with E-state index in [0.29, 0.717) is 17.6 Å². The second-order valence-electron chi connectivity index (χ2n) is 11.3. The summed E-state index contributed by atoms with van der Waals surface area (Å²) in [5.74, 6) is 1.49. The molecule has 1 amide bonds. The Hall–Kier alpha value is -4.26. The van der Waals surface area contributed by atoms with Crippen LogP contribution in [0.5, 0.6) is 5.75 Å². The average molecular weight is 522 g/mol. The number of imidazole rings is 1. The van der Waals surface area contributed by atoms with Crippen LogP contribution in [0.3, 0.4) is 0 Å². The van der Waals surface area contributed by atoms with Crippen LogP contribution in [0.15, 0.2) is 73.1 Å². The molecule has 200 valence electrons. The fourth-order valence-electron chi connectivity index (χ4n) is 4.80. The van der Waals surface area contributed by atoms with Crippen LogP contribution in [-0.2, 0) is 12.0 Å². The summed E-state index contributed by atoms with van der Waals surface area (Å²) < 4.78 is 7.73. The summed E-state index contributed by atoms with van der Waals surface area (Å²) in [5.41, 5.74) is 6.33. The van der Waals surface area contributed by atoms with E-state index in [9.17, 15) is 4.79 Å². The van der Waals surface area contributed by atoms with Gasteiger partial charge >= 0.3 is 0 Å². The summed E-state index contributed by atoms with van der Waals surface area (Å²) in [4.78, 5) is 27.2. The highest BCUT2D eigenvalue weighted by molar-refractivity contribution is 5.97. The van der Waals surface area contributed by atoms with Crippen molar-refractivity contribution in [3.05, 3.63) is 95.6 Å². The van der Waals surface area contributed by atoms with Crippen LogP contribution < -0.4 is 10.1 Å². The quantitative estimate of drug-likeness (QED) is 0.266. The molecule has 1 unspecified atom stereocenters. The lowest BCUT2D eigenvalue weighted by Crippen LogP contribution is -2.34. The highest BCUT2D eigenvalue weighted by atomic mass is 16.5. The molecule has 1 atom stereocenters. The minimum absolute atomic E-state index is 0.0835. The van der Waals surface area contributed by atoms with Crippen molar-refractivity contribution >= 4 is 28.0 Å². The first-order chi connectivity index (χ1) is 18.6. The van der Waals surface area contributed by atoms with Gasteiger partial charge in [0, 0.05) is 30.6 Å². The number of methoxy groups -OCH3 is 1. The fourth-order valence-corrected chi connectivity index (χ4v) is 4.80. The Morgan fingerprint density at radius 1 is 0.923 bits per heavy atom. The van der Waals surface area contributed by atoms with Crippen LogP contribution in [0.2, 0.25) is 0 Å². The summed E-state index contributed by atoms with van der Waals surface area (Å²) >= 11 is 0. The zero-order chi connectivity index (χ0) is 27.7. The van der Waals surface area contributed by atoms with Gasteiger partial charge in [-0.25, -0.2) is 4.98 Å². The van der Waals surface area contributed by atoms with Gasteiger partial charge in [-0.1, -0.05) is 58.9 Å². The van der Waals surface area contributed by atoms with Crippen LogP contribution in [0.4, 0.5) is 0 Å². The molecule has 0 radical (unpaired) electrons. The van der Waals surface area contributed by atoms with Gasteiger partial charge in [0.25, 0.3) is 5.91 Å². The van der Waals surface area contributed by atoms with Crippen molar-refractivity contribution in [1.29, 1.82) is 0 Å². The van der Waals surface area contributed by atoms with E-state index >= 15 is 0 Å². The summed E-state index contributed by atoms with van der Waals surface area (Å²) in [5, 5.41) is 3.26. The number of carbonyl (C=O) groups excluding carboxylic acids is 1. The molecule has 3 aromatic carbocycles. The molecule has 0 spiro atoms. The number of aromatic nitrogens is 4. The lowest BCUT2D eigenvalue weighted by atomic mass is 9.87. The monoisotopic (exact) mass is 521 g/mol. The number of carbonyl (C=O) groups is 1. The number of nitrogens with one attached hydrogen (secondary N) is 1. The number of fused-ring (bicyclic) bond motifs is 2. The number of hydrogen-bond donors (Lipinski definition) is 1. The molecule has 39 heavy (non-hydrogen) atoms. The van der Waals surface area contributed by atoms with Crippen molar-refractivity contribution in [2.24, 2.45) is 5.92 Å². The summed E-state index contributed by atoms with van der Waals surface area (Å²) in [6.45, 7) is 11.5. The molecule has 7 nitrogen and oxygen atoms in total. The van der Waals surface area contributed by atoms with E-state index in [2.05, 4.69) is 78.7 Å². The standard InChI is InChI=1S/C32H35N5O2/c1-20(2)29(36-31(38)22-9-13-25-27(17-22)34-16-15-33-25)30-35-26-14-12-24(39-6)18-28(26)37(30)19-21-7-10-23(11-8-21)32(3,4)5/h7-18,20,29H,19H2,1-6H3,(H,36,38). The van der Waals surface area contributed by atoms with Crippen LogP contribution in [0.25, 0.3) is 22.1 Å². The van der Waals surface area contributed by atoms with Gasteiger partial charge in [0.2, 0.25) is 0 Å². The van der Waals surface area contributed by atoms with E-state index < -0.39 is 0 Å². The molecule has 0 bridgehead atoms. The molecule has 5 aromatic rings. The lowest BCUT2D eigenvalue weighted by Gasteiger charge is -2.24. The first-order valence-electron chi connectivity index (χ1n) is 13.3. The van der Waals surface area contributed by atoms with Gasteiger partial charge in [-0.05, 0) is 52.8 Å². The predicted octanol–water partition coefficient (Wildman–Crippen LogP) is 6.46. The summed E-state index contributed by atoms with van der Waals surface area (Å²) in [6.07, 6.45) is 3.28. The Morgan fingerprint density at radius 3 is 2.28 bits per heavy atom. The van der Waals surface area contributed by atoms with Gasteiger partial charge < -0.3 is 14.6 Å². The Balaban J connectivity index is 1.54. The zero-order valence-electron chi connectivity index (χ0n) is 23.4. The van der Waals surface area contributed by atoms with Gasteiger partial charge in [-0.2, -0.15) is 0 Å². The van der Waals surface area contributed by atoms with Crippen LogP contribution in [-0.4, -0.2) is 32.5 Å². The van der Waals surface area contributed by atoms with Crippen molar-refractivity contribution in [3.8, 4) is 5.75 Å². The molecule has 2 heterocycles. The van der Waals surface area contributed by atoms with Gasteiger partial charge in [0.1, 0.15) is 11.6 Å². The van der Waals surface area contributed by atoms with E-state index in [1.807, 2.05) is 24.3 Å². The minimum Gasteiger partial charge on any atom is -0.497 e. The van der Waals surface area contributed by atoms with Gasteiger partial charge in [-0.3, -0.25) is 14.8 Å². The van der Waals surface area contributed by atoms with Crippen LogP contribution in [0, 0.1) is 5.92 Å². The van der Waals surface area contributed by atoms with Gasteiger partial charge in [0.15, 0.2) is 0 Å². The number of ether oxygens (including phenoxy) is 1. The van der Waals surface area contributed by atoms with Gasteiger partial charge in [0.05, 0.1) is 35.2 Å². The fraction of sp³-hybridized carbons (Fsp3) is 0.312. The van der Waals surface area contributed by atoms with E-state index in [0.717, 1.165) is 33.7 Å². The van der Waals surface area contributed by atoms with Crippen molar-refractivity contribution < 1.29 is 9.53 Å². The third kappa shape index (κ3) is 5.48. The highest BCUT2D eigenvalue weighted by Crippen LogP contribution is 2.30. The molecule has 2 aromatic heterocycles. The molecule has 0 aliphatic heterocycles. The Bertz CT molecular complexity index is 1630. The largest absolute Gasteiger partial charge is 0.497 e. The van der Waals surface area contributed by atoms with Crippen molar-refractivity contribution in [3.63, 3.8) is 0 Å². The van der Waals surface area contributed by atoms with Crippen LogP contribution >= 0.6 is 0 Å². The molecule has 0 aliphatic rings. The van der Waals surface area contributed by atoms with Crippen LogP contribution in [0.1, 0.15) is 68.0 Å². The summed E-state index contributed by atoms with van der Waals surface area (Å²) in [7, 11) is 1.67. The zero-order valence-corrected chi connectivity index (χ0v) is 23.4. The highest BCUT2D eigenvalue weighted by Gasteiger charge is 2.26. The smallest absolute Gasteiger partial charge is 0.251 e. The third-order valence-corrected chi connectivity index (χ3v) is 7.11. The molecule has 1 N–H and O–H groups in total. The normalized spacial score (nSPS) is 12.7. The lowest BCUT2D eigenvalue weighted by molar-refractivity contribution is 0.0922. The van der Waals surface area contributed by atoms with E-state index in [1.165, 1.54) is 5.56 Å². The Labute approximate surface area is 229 Å². The Morgan fingerprint density at radius 2 is 1.62 bits per heavy atom. The Kier molecular flexibility index (Phi) is 7.08. The maximum absolute atomic E-state index is 13.5. The van der Waals surface area contributed by atoms with Crippen molar-refractivity contribution in [2.75, 3.05) is 7.11 Å². The van der Waals surface area contributed by atoms with Gasteiger partial charge in [-0.15, -0.1) is 0 Å². The number of nitrogens with zero attached hydrogens (tertiary/aromatic N) is 4.